The lowest BCUT2D eigenvalue weighted by molar-refractivity contribution is -0.147. The number of rotatable bonds is 7. The van der Waals surface area contributed by atoms with Gasteiger partial charge in [0, 0.05) is 5.92 Å². The van der Waals surface area contributed by atoms with Crippen molar-refractivity contribution < 1.29 is 14.6 Å². The van der Waals surface area contributed by atoms with Crippen molar-refractivity contribution in [3.05, 3.63) is 23.3 Å². The molecule has 3 heteroatoms. The molecule has 0 bridgehead atoms. The van der Waals surface area contributed by atoms with Crippen molar-refractivity contribution in [1.29, 1.82) is 0 Å². The quantitative estimate of drug-likeness (QED) is 0.416. The van der Waals surface area contributed by atoms with Gasteiger partial charge in [-0.2, -0.15) is 0 Å². The molecule has 0 aromatic rings. The van der Waals surface area contributed by atoms with Crippen LogP contribution in [0.3, 0.4) is 0 Å². The van der Waals surface area contributed by atoms with E-state index in [1.165, 1.54) is 5.57 Å². The molecule has 1 N–H and O–H groups in total. The average Bonchev–Trinajstić information content (AvgIpc) is 2.42. The summed E-state index contributed by atoms with van der Waals surface area (Å²) in [5.74, 6) is -0.0230. The molecule has 0 heterocycles. The van der Waals surface area contributed by atoms with Crippen LogP contribution in [0, 0.1) is 11.3 Å². The number of hydrogen-bond donors (Lipinski definition) is 1. The summed E-state index contributed by atoms with van der Waals surface area (Å²) >= 11 is 0. The van der Waals surface area contributed by atoms with E-state index in [9.17, 15) is 9.90 Å². The molecule has 0 radical (unpaired) electrons. The number of unbranched alkanes of at least 4 members (excludes halogenated alkanes) is 1. The van der Waals surface area contributed by atoms with Gasteiger partial charge in [0.1, 0.15) is 0 Å². The summed E-state index contributed by atoms with van der Waals surface area (Å²) in [5.41, 5.74) is 1.22. The van der Waals surface area contributed by atoms with E-state index in [4.69, 9.17) is 4.74 Å². The smallest absolute Gasteiger partial charge is 0.309 e. The second kappa shape index (κ2) is 8.14. The third-order valence-corrected chi connectivity index (χ3v) is 5.10. The second-order valence-electron chi connectivity index (χ2n) is 7.83. The minimum atomic E-state index is -1.16. The highest BCUT2D eigenvalue weighted by Gasteiger charge is 2.34. The zero-order chi connectivity index (χ0) is 17.7. The van der Waals surface area contributed by atoms with E-state index < -0.39 is 5.60 Å². The van der Waals surface area contributed by atoms with Gasteiger partial charge in [0.15, 0.2) is 0 Å². The normalized spacial score (nSPS) is 23.9. The van der Waals surface area contributed by atoms with Gasteiger partial charge < -0.3 is 9.84 Å². The second-order valence-corrected chi connectivity index (χ2v) is 7.83. The van der Waals surface area contributed by atoms with Gasteiger partial charge in [0.25, 0.3) is 0 Å². The molecule has 0 aromatic heterocycles. The molecule has 0 aromatic carbocycles. The Hall–Kier alpha value is -1.09. The molecular formula is C20H34O3. The van der Waals surface area contributed by atoms with Crippen molar-refractivity contribution in [2.24, 2.45) is 11.3 Å². The van der Waals surface area contributed by atoms with Crippen molar-refractivity contribution in [2.45, 2.75) is 79.2 Å². The first-order valence-corrected chi connectivity index (χ1v) is 8.83. The minimum absolute atomic E-state index is 0.00889. The summed E-state index contributed by atoms with van der Waals surface area (Å²) in [6, 6.07) is 0. The Morgan fingerprint density at radius 3 is 2.74 bits per heavy atom. The van der Waals surface area contributed by atoms with Crippen molar-refractivity contribution in [3.8, 4) is 0 Å². The number of carbonyl (C=O) groups is 1. The largest absolute Gasteiger partial charge is 0.466 e. The minimum Gasteiger partial charge on any atom is -0.466 e. The van der Waals surface area contributed by atoms with Gasteiger partial charge in [-0.15, -0.1) is 0 Å². The van der Waals surface area contributed by atoms with Gasteiger partial charge in [-0.3, -0.25) is 4.79 Å². The number of aliphatic hydroxyl groups is 1. The molecule has 2 unspecified atom stereocenters. The molecular weight excluding hydrogens is 288 g/mol. The van der Waals surface area contributed by atoms with Crippen molar-refractivity contribution in [3.63, 3.8) is 0 Å². The third kappa shape index (κ3) is 5.80. The van der Waals surface area contributed by atoms with E-state index in [0.29, 0.717) is 12.5 Å². The van der Waals surface area contributed by atoms with E-state index >= 15 is 0 Å². The average molecular weight is 322 g/mol. The summed E-state index contributed by atoms with van der Waals surface area (Å²) in [4.78, 5) is 11.9. The van der Waals surface area contributed by atoms with E-state index in [1.807, 2.05) is 6.92 Å². The molecule has 0 fully saturated rings. The Morgan fingerprint density at radius 1 is 1.52 bits per heavy atom. The zero-order valence-electron chi connectivity index (χ0n) is 15.7. The molecule has 0 amide bonds. The summed E-state index contributed by atoms with van der Waals surface area (Å²) in [6.45, 7) is 12.8. The van der Waals surface area contributed by atoms with Gasteiger partial charge in [0.2, 0.25) is 0 Å². The monoisotopic (exact) mass is 322 g/mol. The molecule has 3 nitrogen and oxygen atoms in total. The maximum atomic E-state index is 11.9. The summed E-state index contributed by atoms with van der Waals surface area (Å²) in [7, 11) is 0. The molecule has 0 spiro atoms. The van der Waals surface area contributed by atoms with Crippen LogP contribution < -0.4 is 0 Å². The SMILES string of the molecule is CCCCOC(=O)CC(C)(O)/C(C)=C/C1C(C)=CCCC1(C)C. The number of allylic oxidation sites excluding steroid dienone is 3. The fourth-order valence-corrected chi connectivity index (χ4v) is 3.16. The Bertz CT molecular complexity index is 469. The number of esters is 1. The molecule has 132 valence electrons. The van der Waals surface area contributed by atoms with Gasteiger partial charge in [-0.05, 0) is 51.0 Å². The first-order valence-electron chi connectivity index (χ1n) is 8.83. The zero-order valence-corrected chi connectivity index (χ0v) is 15.7. The predicted molar refractivity (Wildman–Crippen MR) is 95.1 cm³/mol. The lowest BCUT2D eigenvalue weighted by Gasteiger charge is -2.38. The fraction of sp³-hybridized carbons (Fsp3) is 0.750. The fourth-order valence-electron chi connectivity index (χ4n) is 3.16. The first-order chi connectivity index (χ1) is 10.6. The topological polar surface area (TPSA) is 46.5 Å². The van der Waals surface area contributed by atoms with Gasteiger partial charge in [-0.1, -0.05) is 44.9 Å². The van der Waals surface area contributed by atoms with Crippen LogP contribution in [0.1, 0.15) is 73.6 Å². The molecule has 0 aliphatic heterocycles. The Morgan fingerprint density at radius 2 is 2.17 bits per heavy atom. The van der Waals surface area contributed by atoms with Crippen LogP contribution in [0.2, 0.25) is 0 Å². The lowest BCUT2D eigenvalue weighted by Crippen LogP contribution is -2.33. The van der Waals surface area contributed by atoms with Crippen LogP contribution in [0.25, 0.3) is 0 Å². The first kappa shape index (κ1) is 20.0. The maximum Gasteiger partial charge on any atom is 0.309 e. The molecule has 0 saturated heterocycles. The Kier molecular flexibility index (Phi) is 7.06. The molecule has 1 aliphatic rings. The van der Waals surface area contributed by atoms with Crippen molar-refractivity contribution in [2.75, 3.05) is 6.61 Å². The van der Waals surface area contributed by atoms with Crippen LogP contribution in [0.4, 0.5) is 0 Å². The van der Waals surface area contributed by atoms with Gasteiger partial charge >= 0.3 is 5.97 Å². The van der Waals surface area contributed by atoms with E-state index in [2.05, 4.69) is 39.8 Å². The summed E-state index contributed by atoms with van der Waals surface area (Å²) < 4.78 is 5.18. The van der Waals surface area contributed by atoms with Crippen LogP contribution in [-0.2, 0) is 9.53 Å². The van der Waals surface area contributed by atoms with Crippen molar-refractivity contribution >= 4 is 5.97 Å². The third-order valence-electron chi connectivity index (χ3n) is 5.10. The molecule has 1 rings (SSSR count). The van der Waals surface area contributed by atoms with Crippen LogP contribution in [0.15, 0.2) is 23.3 Å². The highest BCUT2D eigenvalue weighted by atomic mass is 16.5. The van der Waals surface area contributed by atoms with Crippen LogP contribution >= 0.6 is 0 Å². The van der Waals surface area contributed by atoms with E-state index in [-0.39, 0.29) is 17.8 Å². The van der Waals surface area contributed by atoms with Gasteiger partial charge in [0.05, 0.1) is 18.6 Å². The summed E-state index contributed by atoms with van der Waals surface area (Å²) in [5, 5.41) is 10.7. The summed E-state index contributed by atoms with van der Waals surface area (Å²) in [6.07, 6.45) is 8.54. The predicted octanol–water partition coefficient (Wildman–Crippen LogP) is 4.80. The Balaban J connectivity index is 2.80. The lowest BCUT2D eigenvalue weighted by atomic mass is 9.67. The Labute approximate surface area is 141 Å². The molecule has 23 heavy (non-hydrogen) atoms. The van der Waals surface area contributed by atoms with Crippen molar-refractivity contribution in [1.82, 2.24) is 0 Å². The molecule has 1 aliphatic carbocycles. The number of carbonyl (C=O) groups excluding carboxylic acids is 1. The molecule has 2 atom stereocenters. The maximum absolute atomic E-state index is 11.9. The standard InChI is InChI=1S/C20H34O3/c1-7-8-12-23-18(21)14-20(6,22)16(3)13-17-15(2)10-9-11-19(17,4)5/h10,13,17,22H,7-9,11-12,14H2,1-6H3/b16-13+. The number of ether oxygens (including phenoxy) is 1. The van der Waals surface area contributed by atoms with E-state index in [0.717, 1.165) is 31.3 Å². The van der Waals surface area contributed by atoms with Gasteiger partial charge in [-0.25, -0.2) is 0 Å². The highest BCUT2D eigenvalue weighted by molar-refractivity contribution is 5.71. The van der Waals surface area contributed by atoms with E-state index in [1.54, 1.807) is 6.92 Å². The van der Waals surface area contributed by atoms with Crippen LogP contribution in [-0.4, -0.2) is 23.3 Å². The number of hydrogen-bond acceptors (Lipinski definition) is 3. The highest BCUT2D eigenvalue weighted by Crippen LogP contribution is 2.42. The van der Waals surface area contributed by atoms with Crippen LogP contribution in [0.5, 0.6) is 0 Å². The molecule has 0 saturated carbocycles.